The fourth-order valence-corrected chi connectivity index (χ4v) is 5.06. The van der Waals surface area contributed by atoms with Gasteiger partial charge in [-0.15, -0.1) is 7.92 Å². The summed E-state index contributed by atoms with van der Waals surface area (Å²) in [6.45, 7) is 2.47. The highest BCUT2D eigenvalue weighted by atomic mass is 31.1. The van der Waals surface area contributed by atoms with Crippen LogP contribution in [0.3, 0.4) is 0 Å². The van der Waals surface area contributed by atoms with Gasteiger partial charge in [0.25, 0.3) is 0 Å². The molecule has 0 spiro atoms. The Morgan fingerprint density at radius 1 is 1.18 bits per heavy atom. The lowest BCUT2D eigenvalue weighted by Gasteiger charge is -2.28. The molecule has 0 aliphatic heterocycles. The highest BCUT2D eigenvalue weighted by molar-refractivity contribution is 7.56. The molecule has 0 heterocycles. The summed E-state index contributed by atoms with van der Waals surface area (Å²) >= 11 is 0. The highest BCUT2D eigenvalue weighted by Crippen LogP contribution is 2.48. The molecule has 1 aliphatic carbocycles. The van der Waals surface area contributed by atoms with E-state index >= 15 is 0 Å². The van der Waals surface area contributed by atoms with Crippen LogP contribution in [0.5, 0.6) is 5.75 Å². The van der Waals surface area contributed by atoms with Crippen molar-refractivity contribution in [2.24, 2.45) is 0 Å². The first-order valence-electron chi connectivity index (χ1n) is 6.63. The summed E-state index contributed by atoms with van der Waals surface area (Å²) in [5.41, 5.74) is 2.39. The van der Waals surface area contributed by atoms with Crippen molar-refractivity contribution < 1.29 is 4.74 Å². The average Bonchev–Trinajstić information content (AvgIpc) is 2.40. The Bertz CT molecular complexity index is 345. The maximum Gasteiger partial charge on any atom is 0.122 e. The largest absolute Gasteiger partial charge is 0.496 e. The van der Waals surface area contributed by atoms with Gasteiger partial charge >= 0.3 is 0 Å². The van der Waals surface area contributed by atoms with Crippen LogP contribution in [0.25, 0.3) is 0 Å². The van der Waals surface area contributed by atoms with Crippen LogP contribution in [-0.4, -0.2) is 19.4 Å². The predicted molar refractivity (Wildman–Crippen MR) is 76.4 cm³/mol. The second-order valence-corrected chi connectivity index (χ2v) is 7.58. The Morgan fingerprint density at radius 3 is 2.59 bits per heavy atom. The standard InChI is InChI=1S/C15H23OP/c1-16-15-11-7-6-8-13(15)12-17(2)14-9-4-3-5-10-14/h6-8,11,14H,3-5,9-10,12H2,1-2H3. The summed E-state index contributed by atoms with van der Waals surface area (Å²) in [6, 6.07) is 8.49. The third-order valence-electron chi connectivity index (χ3n) is 3.81. The first-order chi connectivity index (χ1) is 8.31. The molecule has 2 rings (SSSR count). The number of benzene rings is 1. The summed E-state index contributed by atoms with van der Waals surface area (Å²) < 4.78 is 5.44. The Morgan fingerprint density at radius 2 is 1.88 bits per heavy atom. The molecule has 1 atom stereocenters. The number of methoxy groups -OCH3 is 1. The maximum absolute atomic E-state index is 5.44. The monoisotopic (exact) mass is 250 g/mol. The lowest BCUT2D eigenvalue weighted by molar-refractivity contribution is 0.411. The van der Waals surface area contributed by atoms with Gasteiger partial charge in [0.15, 0.2) is 0 Å². The minimum Gasteiger partial charge on any atom is -0.496 e. The van der Waals surface area contributed by atoms with Crippen LogP contribution in [0.4, 0.5) is 0 Å². The van der Waals surface area contributed by atoms with E-state index in [-0.39, 0.29) is 7.92 Å². The molecule has 2 heteroatoms. The molecule has 1 aliphatic rings. The van der Waals surface area contributed by atoms with Gasteiger partial charge in [0.05, 0.1) is 7.11 Å². The van der Waals surface area contributed by atoms with E-state index in [0.717, 1.165) is 11.4 Å². The van der Waals surface area contributed by atoms with Crippen LogP contribution < -0.4 is 4.74 Å². The Hall–Kier alpha value is -0.550. The van der Waals surface area contributed by atoms with Crippen LogP contribution in [0.1, 0.15) is 37.7 Å². The third-order valence-corrected chi connectivity index (χ3v) is 6.41. The van der Waals surface area contributed by atoms with E-state index in [4.69, 9.17) is 4.74 Å². The van der Waals surface area contributed by atoms with Gasteiger partial charge < -0.3 is 4.74 Å². The van der Waals surface area contributed by atoms with E-state index in [1.807, 2.05) is 0 Å². The number of ether oxygens (including phenoxy) is 1. The van der Waals surface area contributed by atoms with Gasteiger partial charge in [-0.2, -0.15) is 0 Å². The topological polar surface area (TPSA) is 9.23 Å². The Kier molecular flexibility index (Phi) is 4.86. The van der Waals surface area contributed by atoms with Crippen LogP contribution >= 0.6 is 7.92 Å². The van der Waals surface area contributed by atoms with Gasteiger partial charge in [-0.1, -0.05) is 37.5 Å². The SMILES string of the molecule is COc1ccccc1CP(C)C1CCCCC1. The van der Waals surface area contributed by atoms with Crippen LogP contribution in [0, 0.1) is 0 Å². The smallest absolute Gasteiger partial charge is 0.122 e. The minimum atomic E-state index is 0.123. The summed E-state index contributed by atoms with van der Waals surface area (Å²) in [7, 11) is 1.90. The van der Waals surface area contributed by atoms with Gasteiger partial charge in [-0.05, 0) is 43.0 Å². The van der Waals surface area contributed by atoms with Crippen molar-refractivity contribution in [3.8, 4) is 5.75 Å². The molecular formula is C15H23OP. The predicted octanol–water partition coefficient (Wildman–Crippen LogP) is 4.64. The molecule has 0 amide bonds. The molecule has 1 unspecified atom stereocenters. The van der Waals surface area contributed by atoms with Crippen molar-refractivity contribution in [2.45, 2.75) is 43.9 Å². The van der Waals surface area contributed by atoms with E-state index in [1.54, 1.807) is 7.11 Å². The van der Waals surface area contributed by atoms with Crippen molar-refractivity contribution >= 4 is 7.92 Å². The first-order valence-corrected chi connectivity index (χ1v) is 8.67. The van der Waals surface area contributed by atoms with E-state index in [9.17, 15) is 0 Å². The van der Waals surface area contributed by atoms with Crippen LogP contribution in [0.15, 0.2) is 24.3 Å². The van der Waals surface area contributed by atoms with Gasteiger partial charge in [0, 0.05) is 0 Å². The molecular weight excluding hydrogens is 227 g/mol. The second kappa shape index (κ2) is 6.40. The fourth-order valence-electron chi connectivity index (χ4n) is 2.75. The Labute approximate surface area is 106 Å². The molecule has 1 saturated carbocycles. The van der Waals surface area contributed by atoms with Crippen molar-refractivity contribution in [2.75, 3.05) is 13.8 Å². The van der Waals surface area contributed by atoms with Gasteiger partial charge in [0.2, 0.25) is 0 Å². The molecule has 1 fully saturated rings. The second-order valence-electron chi connectivity index (χ2n) is 5.02. The molecule has 0 aromatic heterocycles. The molecule has 0 saturated heterocycles. The van der Waals surface area contributed by atoms with E-state index in [1.165, 1.54) is 43.8 Å². The number of para-hydroxylation sites is 1. The molecule has 1 aromatic rings. The number of hydrogen-bond acceptors (Lipinski definition) is 1. The van der Waals surface area contributed by atoms with Gasteiger partial charge in [-0.3, -0.25) is 0 Å². The number of rotatable bonds is 4. The zero-order chi connectivity index (χ0) is 12.1. The van der Waals surface area contributed by atoms with Gasteiger partial charge in [0.1, 0.15) is 5.75 Å². The maximum atomic E-state index is 5.44. The Balaban J connectivity index is 1.99. The zero-order valence-electron chi connectivity index (χ0n) is 11.0. The van der Waals surface area contributed by atoms with Crippen molar-refractivity contribution in [3.63, 3.8) is 0 Å². The van der Waals surface area contributed by atoms with E-state index < -0.39 is 0 Å². The molecule has 0 bridgehead atoms. The molecule has 0 radical (unpaired) electrons. The van der Waals surface area contributed by atoms with Crippen molar-refractivity contribution in [1.29, 1.82) is 0 Å². The quantitative estimate of drug-likeness (QED) is 0.707. The summed E-state index contributed by atoms with van der Waals surface area (Å²) in [5, 5.41) is 0. The zero-order valence-corrected chi connectivity index (χ0v) is 11.9. The minimum absolute atomic E-state index is 0.123. The molecule has 1 nitrogen and oxygen atoms in total. The molecule has 1 aromatic carbocycles. The first kappa shape index (κ1) is 12.9. The summed E-state index contributed by atoms with van der Waals surface area (Å²) in [4.78, 5) is 0. The third kappa shape index (κ3) is 3.45. The van der Waals surface area contributed by atoms with Crippen molar-refractivity contribution in [3.05, 3.63) is 29.8 Å². The lowest BCUT2D eigenvalue weighted by atomic mass is 10.0. The normalized spacial score (nSPS) is 18.9. The number of hydrogen-bond donors (Lipinski definition) is 0. The summed E-state index contributed by atoms with van der Waals surface area (Å²) in [6.07, 6.45) is 8.49. The average molecular weight is 250 g/mol. The van der Waals surface area contributed by atoms with E-state index in [2.05, 4.69) is 30.9 Å². The van der Waals surface area contributed by atoms with Crippen LogP contribution in [0.2, 0.25) is 0 Å². The molecule has 94 valence electrons. The van der Waals surface area contributed by atoms with E-state index in [0.29, 0.717) is 0 Å². The van der Waals surface area contributed by atoms with Gasteiger partial charge in [-0.25, -0.2) is 0 Å². The molecule has 0 N–H and O–H groups in total. The van der Waals surface area contributed by atoms with Crippen molar-refractivity contribution in [1.82, 2.24) is 0 Å². The molecule has 17 heavy (non-hydrogen) atoms. The highest BCUT2D eigenvalue weighted by Gasteiger charge is 2.20. The van der Waals surface area contributed by atoms with Crippen LogP contribution in [-0.2, 0) is 6.16 Å². The lowest BCUT2D eigenvalue weighted by Crippen LogP contribution is -2.11. The fraction of sp³-hybridized carbons (Fsp3) is 0.600. The summed E-state index contributed by atoms with van der Waals surface area (Å²) in [5.74, 6) is 1.07.